The number of nitrogens with zero attached hydrogens (tertiary/aromatic N) is 2. The van der Waals surface area contributed by atoms with E-state index in [1.54, 1.807) is 0 Å². The molecule has 0 saturated carbocycles. The SMILES string of the molecule is CN1CCC(C(O)N(C)C)C1. The van der Waals surface area contributed by atoms with Crippen LogP contribution in [0.4, 0.5) is 0 Å². The topological polar surface area (TPSA) is 26.7 Å². The second-order valence-corrected chi connectivity index (χ2v) is 3.69. The summed E-state index contributed by atoms with van der Waals surface area (Å²) < 4.78 is 0. The fraction of sp³-hybridized carbons (Fsp3) is 1.00. The lowest BCUT2D eigenvalue weighted by Crippen LogP contribution is -2.36. The summed E-state index contributed by atoms with van der Waals surface area (Å²) in [5.41, 5.74) is 0. The van der Waals surface area contributed by atoms with Crippen LogP contribution in [0, 0.1) is 5.92 Å². The maximum atomic E-state index is 9.64. The normalized spacial score (nSPS) is 29.7. The molecule has 1 fully saturated rings. The first kappa shape index (κ1) is 8.97. The van der Waals surface area contributed by atoms with Gasteiger partial charge in [-0.15, -0.1) is 0 Å². The standard InChI is InChI=1S/C8H18N2O/c1-9(2)8(11)7-4-5-10(3)6-7/h7-8,11H,4-6H2,1-3H3. The fourth-order valence-corrected chi connectivity index (χ4v) is 1.63. The third-order valence-electron chi connectivity index (χ3n) is 2.38. The van der Waals surface area contributed by atoms with Crippen LogP contribution in [0.15, 0.2) is 0 Å². The van der Waals surface area contributed by atoms with Crippen molar-refractivity contribution in [2.75, 3.05) is 34.2 Å². The van der Waals surface area contributed by atoms with Gasteiger partial charge in [-0.25, -0.2) is 0 Å². The Morgan fingerprint density at radius 2 is 2.18 bits per heavy atom. The summed E-state index contributed by atoms with van der Waals surface area (Å²) >= 11 is 0. The van der Waals surface area contributed by atoms with Crippen LogP contribution in [-0.2, 0) is 0 Å². The molecular weight excluding hydrogens is 140 g/mol. The van der Waals surface area contributed by atoms with Gasteiger partial charge in [0.05, 0.1) is 0 Å². The van der Waals surface area contributed by atoms with Gasteiger partial charge in [-0.05, 0) is 34.1 Å². The first-order valence-corrected chi connectivity index (χ1v) is 4.14. The number of aliphatic hydroxyl groups is 1. The molecule has 0 radical (unpaired) electrons. The molecule has 0 aromatic carbocycles. The van der Waals surface area contributed by atoms with E-state index in [9.17, 15) is 5.11 Å². The van der Waals surface area contributed by atoms with Gasteiger partial charge in [-0.3, -0.25) is 4.90 Å². The van der Waals surface area contributed by atoms with Crippen LogP contribution < -0.4 is 0 Å². The Bertz CT molecular complexity index is 127. The number of rotatable bonds is 2. The minimum atomic E-state index is -0.264. The lowest BCUT2D eigenvalue weighted by molar-refractivity contribution is -0.00583. The molecule has 1 N–H and O–H groups in total. The monoisotopic (exact) mass is 158 g/mol. The number of hydrogen-bond donors (Lipinski definition) is 1. The van der Waals surface area contributed by atoms with Gasteiger partial charge in [0.15, 0.2) is 0 Å². The Kier molecular flexibility index (Phi) is 2.87. The predicted octanol–water partition coefficient (Wildman–Crippen LogP) is -0.182. The Morgan fingerprint density at radius 3 is 2.55 bits per heavy atom. The zero-order valence-electron chi connectivity index (χ0n) is 7.62. The third kappa shape index (κ3) is 2.15. The smallest absolute Gasteiger partial charge is 0.111 e. The number of likely N-dealkylation sites (tertiary alicyclic amines) is 1. The Balaban J connectivity index is 2.36. The van der Waals surface area contributed by atoms with E-state index in [1.165, 1.54) is 0 Å². The van der Waals surface area contributed by atoms with Crippen molar-refractivity contribution in [2.24, 2.45) is 5.92 Å². The van der Waals surface area contributed by atoms with Crippen molar-refractivity contribution in [2.45, 2.75) is 12.6 Å². The van der Waals surface area contributed by atoms with E-state index in [4.69, 9.17) is 0 Å². The maximum Gasteiger partial charge on any atom is 0.111 e. The molecule has 1 aliphatic heterocycles. The van der Waals surface area contributed by atoms with Crippen molar-refractivity contribution in [1.82, 2.24) is 9.80 Å². The van der Waals surface area contributed by atoms with Crippen LogP contribution in [0.5, 0.6) is 0 Å². The minimum absolute atomic E-state index is 0.264. The van der Waals surface area contributed by atoms with Crippen LogP contribution >= 0.6 is 0 Å². The highest BCUT2D eigenvalue weighted by atomic mass is 16.3. The van der Waals surface area contributed by atoms with Crippen LogP contribution in [0.3, 0.4) is 0 Å². The van der Waals surface area contributed by atoms with Gasteiger partial charge < -0.3 is 10.0 Å². The largest absolute Gasteiger partial charge is 0.378 e. The first-order valence-electron chi connectivity index (χ1n) is 4.14. The van der Waals surface area contributed by atoms with Crippen LogP contribution in [0.2, 0.25) is 0 Å². The molecule has 2 unspecified atom stereocenters. The highest BCUT2D eigenvalue weighted by molar-refractivity contribution is 4.77. The summed E-state index contributed by atoms with van der Waals surface area (Å²) in [5, 5.41) is 9.64. The highest BCUT2D eigenvalue weighted by Gasteiger charge is 2.27. The lowest BCUT2D eigenvalue weighted by atomic mass is 10.1. The van der Waals surface area contributed by atoms with E-state index in [0.717, 1.165) is 19.5 Å². The van der Waals surface area contributed by atoms with Crippen LogP contribution in [-0.4, -0.2) is 55.4 Å². The van der Waals surface area contributed by atoms with Gasteiger partial charge >= 0.3 is 0 Å². The second-order valence-electron chi connectivity index (χ2n) is 3.69. The summed E-state index contributed by atoms with van der Waals surface area (Å²) in [6.07, 6.45) is 0.857. The van der Waals surface area contributed by atoms with Gasteiger partial charge in [-0.1, -0.05) is 0 Å². The molecule has 1 rings (SSSR count). The molecule has 0 spiro atoms. The number of hydrogen-bond acceptors (Lipinski definition) is 3. The lowest BCUT2D eigenvalue weighted by Gasteiger charge is -2.24. The summed E-state index contributed by atoms with van der Waals surface area (Å²) in [5.74, 6) is 0.440. The van der Waals surface area contributed by atoms with Gasteiger partial charge in [0.2, 0.25) is 0 Å². The van der Waals surface area contributed by atoms with Crippen molar-refractivity contribution >= 4 is 0 Å². The molecule has 0 bridgehead atoms. The second kappa shape index (κ2) is 3.52. The maximum absolute atomic E-state index is 9.64. The number of aliphatic hydroxyl groups excluding tert-OH is 1. The molecule has 0 aromatic rings. The van der Waals surface area contributed by atoms with Crippen LogP contribution in [0.1, 0.15) is 6.42 Å². The third-order valence-corrected chi connectivity index (χ3v) is 2.38. The Hall–Kier alpha value is -0.120. The van der Waals surface area contributed by atoms with E-state index in [1.807, 2.05) is 19.0 Å². The van der Waals surface area contributed by atoms with E-state index < -0.39 is 0 Å². The van der Waals surface area contributed by atoms with Crippen LogP contribution in [0.25, 0.3) is 0 Å². The van der Waals surface area contributed by atoms with E-state index in [2.05, 4.69) is 11.9 Å². The van der Waals surface area contributed by atoms with Crippen molar-refractivity contribution in [3.63, 3.8) is 0 Å². The Labute approximate surface area is 68.6 Å². The zero-order valence-corrected chi connectivity index (χ0v) is 7.62. The molecular formula is C8H18N2O. The van der Waals surface area contributed by atoms with E-state index in [0.29, 0.717) is 5.92 Å². The first-order chi connectivity index (χ1) is 5.11. The molecule has 1 aliphatic rings. The molecule has 3 heteroatoms. The highest BCUT2D eigenvalue weighted by Crippen LogP contribution is 2.18. The molecule has 0 amide bonds. The van der Waals surface area contributed by atoms with E-state index in [-0.39, 0.29) is 6.23 Å². The minimum Gasteiger partial charge on any atom is -0.378 e. The predicted molar refractivity (Wildman–Crippen MR) is 45.3 cm³/mol. The molecule has 0 aliphatic carbocycles. The molecule has 1 saturated heterocycles. The van der Waals surface area contributed by atoms with Gasteiger partial charge in [0.1, 0.15) is 6.23 Å². The van der Waals surface area contributed by atoms with Gasteiger partial charge in [-0.2, -0.15) is 0 Å². The van der Waals surface area contributed by atoms with Gasteiger partial charge in [0, 0.05) is 12.5 Å². The average Bonchev–Trinajstić information content (AvgIpc) is 2.34. The summed E-state index contributed by atoms with van der Waals surface area (Å²) in [4.78, 5) is 4.14. The molecule has 3 nitrogen and oxygen atoms in total. The molecule has 66 valence electrons. The summed E-state index contributed by atoms with van der Waals surface area (Å²) in [6, 6.07) is 0. The van der Waals surface area contributed by atoms with Gasteiger partial charge in [0.25, 0.3) is 0 Å². The molecule has 1 heterocycles. The average molecular weight is 158 g/mol. The van der Waals surface area contributed by atoms with Crippen molar-refractivity contribution in [3.8, 4) is 0 Å². The Morgan fingerprint density at radius 1 is 1.55 bits per heavy atom. The summed E-state index contributed by atoms with van der Waals surface area (Å²) in [7, 11) is 5.94. The molecule has 11 heavy (non-hydrogen) atoms. The molecule has 0 aromatic heterocycles. The van der Waals surface area contributed by atoms with E-state index >= 15 is 0 Å². The van der Waals surface area contributed by atoms with Crippen molar-refractivity contribution < 1.29 is 5.11 Å². The quantitative estimate of drug-likeness (QED) is 0.565. The zero-order chi connectivity index (χ0) is 8.43. The van der Waals surface area contributed by atoms with Crippen molar-refractivity contribution in [3.05, 3.63) is 0 Å². The summed E-state index contributed by atoms with van der Waals surface area (Å²) in [6.45, 7) is 2.15. The molecule has 2 atom stereocenters. The van der Waals surface area contributed by atoms with Crippen molar-refractivity contribution in [1.29, 1.82) is 0 Å². The fourth-order valence-electron chi connectivity index (χ4n) is 1.63.